The van der Waals surface area contributed by atoms with E-state index in [0.717, 1.165) is 33.9 Å². The summed E-state index contributed by atoms with van der Waals surface area (Å²) in [6.07, 6.45) is 4.75. The maximum atomic E-state index is 14.6. The molecule has 2 heterocycles. The van der Waals surface area contributed by atoms with Gasteiger partial charge in [-0.2, -0.15) is 0 Å². The maximum Gasteiger partial charge on any atom is 0.309 e. The number of rotatable bonds is 4. The first-order valence-corrected chi connectivity index (χ1v) is 13.5. The molecule has 0 saturated carbocycles. The molecule has 3 aromatic carbocycles. The first-order valence-electron chi connectivity index (χ1n) is 13.2. The molecule has 1 atom stereocenters. The molecule has 1 aliphatic heterocycles. The van der Waals surface area contributed by atoms with E-state index < -0.39 is 11.6 Å². The summed E-state index contributed by atoms with van der Waals surface area (Å²) in [5, 5.41) is 2.89. The molecular formula is C33H27ClF2N2O3. The predicted molar refractivity (Wildman–Crippen MR) is 156 cm³/mol. The zero-order chi connectivity index (χ0) is 29.1. The van der Waals surface area contributed by atoms with Crippen molar-refractivity contribution >= 4 is 34.7 Å². The van der Waals surface area contributed by atoms with Gasteiger partial charge in [-0.05, 0) is 59.9 Å². The number of nitrogens with zero attached hydrogens (tertiary/aromatic N) is 1. The molecule has 0 radical (unpaired) electrons. The van der Waals surface area contributed by atoms with Crippen molar-refractivity contribution < 1.29 is 23.1 Å². The van der Waals surface area contributed by atoms with Crippen molar-refractivity contribution in [2.24, 2.45) is 5.92 Å². The fraction of sp³-hybridized carbons (Fsp3) is 0.182. The summed E-state index contributed by atoms with van der Waals surface area (Å²) in [6, 6.07) is 19.0. The number of allylic oxidation sites excluding steroid dienone is 1. The summed E-state index contributed by atoms with van der Waals surface area (Å²) >= 11 is 5.89. The summed E-state index contributed by atoms with van der Waals surface area (Å²) in [7, 11) is 1.34. The van der Waals surface area contributed by atoms with Gasteiger partial charge < -0.3 is 10.1 Å². The van der Waals surface area contributed by atoms with Crippen LogP contribution in [0.3, 0.4) is 0 Å². The molecule has 5 rings (SSSR count). The molecule has 8 heteroatoms. The lowest BCUT2D eigenvalue weighted by atomic mass is 9.92. The standard InChI is InChI=1S/C33H27ClF2N2O3/c1-19-5-3-8-24(28-14-10-23(18-37-28)31-27(35)13-12-26(34)32(31)36)21-6-4-7-22(17-21)25-11-9-20(16-30(39)41-2)15-29(25)38-33(19)40/h4,6-15,17-19H,3,5,16H2,1-2H3,(H,38,40)/b24-8+. The number of nitrogens with one attached hydrogen (secondary N) is 1. The monoisotopic (exact) mass is 572 g/mol. The Hall–Kier alpha value is -4.36. The third-order valence-corrected chi connectivity index (χ3v) is 7.46. The van der Waals surface area contributed by atoms with E-state index >= 15 is 0 Å². The Labute approximate surface area is 241 Å². The van der Waals surface area contributed by atoms with E-state index in [0.29, 0.717) is 24.2 Å². The Morgan fingerprint density at radius 2 is 1.85 bits per heavy atom. The van der Waals surface area contributed by atoms with Crippen molar-refractivity contribution in [3.63, 3.8) is 0 Å². The number of amides is 1. The van der Waals surface area contributed by atoms with Crippen LogP contribution in [0, 0.1) is 17.6 Å². The number of ether oxygens (including phenoxy) is 1. The zero-order valence-electron chi connectivity index (χ0n) is 22.5. The van der Waals surface area contributed by atoms with Gasteiger partial charge in [-0.15, -0.1) is 0 Å². The average molecular weight is 573 g/mol. The normalized spacial score (nSPS) is 16.4. The van der Waals surface area contributed by atoms with Crippen LogP contribution < -0.4 is 5.32 Å². The van der Waals surface area contributed by atoms with Crippen LogP contribution in [0.4, 0.5) is 14.5 Å². The Kier molecular flexibility index (Phi) is 8.26. The van der Waals surface area contributed by atoms with Crippen LogP contribution >= 0.6 is 11.6 Å². The number of fused-ring (bicyclic) bond motifs is 4. The van der Waals surface area contributed by atoms with Crippen molar-refractivity contribution in [2.45, 2.75) is 26.2 Å². The fourth-order valence-electron chi connectivity index (χ4n) is 4.88. The van der Waals surface area contributed by atoms with E-state index in [-0.39, 0.29) is 40.4 Å². The minimum Gasteiger partial charge on any atom is -0.469 e. The van der Waals surface area contributed by atoms with Crippen LogP contribution in [0.25, 0.3) is 27.8 Å². The molecule has 1 unspecified atom stereocenters. The Balaban J connectivity index is 1.58. The molecule has 41 heavy (non-hydrogen) atoms. The van der Waals surface area contributed by atoms with Gasteiger partial charge >= 0.3 is 5.97 Å². The lowest BCUT2D eigenvalue weighted by molar-refractivity contribution is -0.139. The first-order chi connectivity index (χ1) is 19.7. The Morgan fingerprint density at radius 3 is 2.61 bits per heavy atom. The Morgan fingerprint density at radius 1 is 1.05 bits per heavy atom. The van der Waals surface area contributed by atoms with Crippen LogP contribution in [-0.4, -0.2) is 24.0 Å². The number of halogens is 3. The van der Waals surface area contributed by atoms with Crippen molar-refractivity contribution in [2.75, 3.05) is 12.4 Å². The quantitative estimate of drug-likeness (QED) is 0.200. The number of methoxy groups -OCH3 is 1. The van der Waals surface area contributed by atoms with Crippen molar-refractivity contribution in [3.8, 4) is 22.3 Å². The van der Waals surface area contributed by atoms with Crippen LogP contribution in [0.5, 0.6) is 0 Å². The van der Waals surface area contributed by atoms with Crippen LogP contribution in [0.1, 0.15) is 36.6 Å². The number of hydrogen-bond donors (Lipinski definition) is 1. The molecule has 208 valence electrons. The number of carbonyl (C=O) groups is 2. The van der Waals surface area contributed by atoms with Gasteiger partial charge in [-0.3, -0.25) is 14.6 Å². The number of benzene rings is 3. The highest BCUT2D eigenvalue weighted by atomic mass is 35.5. The maximum absolute atomic E-state index is 14.6. The van der Waals surface area contributed by atoms with Gasteiger partial charge in [0.1, 0.15) is 5.82 Å². The SMILES string of the molecule is COC(=O)Cc1ccc2c(c1)NC(=O)C(C)CC/C=C(/c1ccc(-c3c(F)ccc(Cl)c3F)cn1)c1cccc-2c1. The predicted octanol–water partition coefficient (Wildman–Crippen LogP) is 7.86. The zero-order valence-corrected chi connectivity index (χ0v) is 23.3. The minimum atomic E-state index is -0.834. The van der Waals surface area contributed by atoms with Gasteiger partial charge in [0.15, 0.2) is 5.82 Å². The topological polar surface area (TPSA) is 68.3 Å². The van der Waals surface area contributed by atoms with E-state index in [4.69, 9.17) is 16.3 Å². The number of carbonyl (C=O) groups excluding carboxylic acids is 2. The number of esters is 1. The van der Waals surface area contributed by atoms with Gasteiger partial charge in [0, 0.05) is 34.5 Å². The summed E-state index contributed by atoms with van der Waals surface area (Å²) in [6.45, 7) is 1.87. The van der Waals surface area contributed by atoms with Gasteiger partial charge in [-0.1, -0.05) is 61.0 Å². The lowest BCUT2D eigenvalue weighted by Gasteiger charge is -2.18. The molecule has 0 aliphatic carbocycles. The minimum absolute atomic E-state index is 0.0901. The summed E-state index contributed by atoms with van der Waals surface area (Å²) in [5.74, 6) is -2.33. The summed E-state index contributed by atoms with van der Waals surface area (Å²) in [4.78, 5) is 29.5. The van der Waals surface area contributed by atoms with Crippen molar-refractivity contribution in [3.05, 3.63) is 112 Å². The molecule has 0 fully saturated rings. The number of aromatic nitrogens is 1. The van der Waals surface area contributed by atoms with Gasteiger partial charge in [0.2, 0.25) is 5.91 Å². The van der Waals surface area contributed by atoms with Crippen LogP contribution in [-0.2, 0) is 20.7 Å². The third-order valence-electron chi connectivity index (χ3n) is 7.17. The number of hydrogen-bond acceptors (Lipinski definition) is 4. The molecule has 4 aromatic rings. The van der Waals surface area contributed by atoms with E-state index in [9.17, 15) is 18.4 Å². The van der Waals surface area contributed by atoms with Crippen molar-refractivity contribution in [1.82, 2.24) is 4.98 Å². The second-order valence-corrected chi connectivity index (χ2v) is 10.4. The van der Waals surface area contributed by atoms with Gasteiger partial charge in [0.05, 0.1) is 29.8 Å². The lowest BCUT2D eigenvalue weighted by Crippen LogP contribution is -2.21. The molecule has 1 aromatic heterocycles. The molecule has 1 N–H and O–H groups in total. The third kappa shape index (κ3) is 6.05. The fourth-order valence-corrected chi connectivity index (χ4v) is 5.03. The highest BCUT2D eigenvalue weighted by Gasteiger charge is 2.20. The van der Waals surface area contributed by atoms with Crippen molar-refractivity contribution in [1.29, 1.82) is 0 Å². The Bertz CT molecular complexity index is 1670. The van der Waals surface area contributed by atoms with E-state index in [1.54, 1.807) is 18.2 Å². The van der Waals surface area contributed by atoms with Gasteiger partial charge in [0.25, 0.3) is 0 Å². The second kappa shape index (κ2) is 12.0. The second-order valence-electron chi connectivity index (χ2n) is 9.95. The molecule has 1 aliphatic rings. The van der Waals surface area contributed by atoms with Crippen LogP contribution in [0.15, 0.2) is 79.0 Å². The smallest absolute Gasteiger partial charge is 0.309 e. The number of pyridine rings is 1. The molecule has 1 amide bonds. The van der Waals surface area contributed by atoms with E-state index in [1.165, 1.54) is 19.4 Å². The largest absolute Gasteiger partial charge is 0.469 e. The summed E-state index contributed by atoms with van der Waals surface area (Å²) < 4.78 is 33.9. The highest BCUT2D eigenvalue weighted by molar-refractivity contribution is 6.31. The number of anilines is 1. The van der Waals surface area contributed by atoms with Gasteiger partial charge in [-0.25, -0.2) is 8.78 Å². The summed E-state index contributed by atoms with van der Waals surface area (Å²) in [5.41, 5.74) is 5.40. The molecule has 0 spiro atoms. The average Bonchev–Trinajstić information content (AvgIpc) is 2.97. The van der Waals surface area contributed by atoms with Crippen LogP contribution in [0.2, 0.25) is 5.02 Å². The molecular weight excluding hydrogens is 546 g/mol. The highest BCUT2D eigenvalue weighted by Crippen LogP contribution is 2.35. The molecule has 2 bridgehead atoms. The molecule has 5 nitrogen and oxygen atoms in total. The first kappa shape index (κ1) is 28.2. The van der Waals surface area contributed by atoms with E-state index in [1.807, 2.05) is 49.4 Å². The molecule has 0 saturated heterocycles. The van der Waals surface area contributed by atoms with E-state index in [2.05, 4.69) is 10.3 Å².